The topological polar surface area (TPSA) is 115 Å². The van der Waals surface area contributed by atoms with E-state index < -0.39 is 10.0 Å². The molecule has 1 aliphatic heterocycles. The summed E-state index contributed by atoms with van der Waals surface area (Å²) < 4.78 is 30.5. The number of benzene rings is 1. The van der Waals surface area contributed by atoms with E-state index in [1.54, 1.807) is 18.3 Å². The van der Waals surface area contributed by atoms with Crippen LogP contribution < -0.4 is 10.5 Å². The number of anilines is 2. The van der Waals surface area contributed by atoms with Crippen molar-refractivity contribution in [3.05, 3.63) is 42.2 Å². The summed E-state index contributed by atoms with van der Waals surface area (Å²) in [5.41, 5.74) is 8.98. The van der Waals surface area contributed by atoms with E-state index >= 15 is 0 Å². The molecule has 162 valence electrons. The molecule has 3 N–H and O–H groups in total. The second kappa shape index (κ2) is 7.05. The fraction of sp³-hybridized carbons (Fsp3) is 0.409. The first-order chi connectivity index (χ1) is 14.8. The zero-order chi connectivity index (χ0) is 21.8. The van der Waals surface area contributed by atoms with Gasteiger partial charge < -0.3 is 10.3 Å². The van der Waals surface area contributed by atoms with Crippen LogP contribution in [0.5, 0.6) is 0 Å². The number of rotatable bonds is 3. The van der Waals surface area contributed by atoms with Gasteiger partial charge in [0.25, 0.3) is 10.0 Å². The molecule has 1 fully saturated rings. The molecule has 0 bridgehead atoms. The number of nitrogens with one attached hydrogen (secondary N) is 1. The highest BCUT2D eigenvalue weighted by molar-refractivity contribution is 7.92. The van der Waals surface area contributed by atoms with Crippen LogP contribution in [0.15, 0.2) is 46.4 Å². The maximum absolute atomic E-state index is 12.8. The Balaban J connectivity index is 1.61. The molecule has 3 aromatic rings. The molecule has 1 aliphatic carbocycles. The number of hydrogen-bond donors (Lipinski definition) is 2. The standard InChI is InChI=1S/C22H26N6O2S/c1-14-19-12-16-13-24-21(27-31(29,30)18-8-6-17(23)7-9-18)26-20(16)28(19)22(15(2)25-14)10-4-3-5-11-22/h6-9,12-14H,3-5,10-11,23H2,1-2H3,(H,24,26,27). The summed E-state index contributed by atoms with van der Waals surface area (Å²) in [6.07, 6.45) is 7.22. The van der Waals surface area contributed by atoms with Gasteiger partial charge in [0.2, 0.25) is 5.95 Å². The van der Waals surface area contributed by atoms with Crippen LogP contribution in [0.1, 0.15) is 57.7 Å². The van der Waals surface area contributed by atoms with Gasteiger partial charge in [-0.2, -0.15) is 4.98 Å². The lowest BCUT2D eigenvalue weighted by molar-refractivity contribution is 0.269. The molecule has 31 heavy (non-hydrogen) atoms. The summed E-state index contributed by atoms with van der Waals surface area (Å²) in [6.45, 7) is 4.20. The van der Waals surface area contributed by atoms with Crippen LogP contribution in [-0.4, -0.2) is 28.7 Å². The third kappa shape index (κ3) is 3.18. The van der Waals surface area contributed by atoms with Crippen LogP contribution >= 0.6 is 0 Å². The van der Waals surface area contributed by atoms with Gasteiger partial charge in [0.1, 0.15) is 5.65 Å². The predicted molar refractivity (Wildman–Crippen MR) is 122 cm³/mol. The molecule has 0 amide bonds. The molecule has 1 saturated carbocycles. The molecule has 0 radical (unpaired) electrons. The van der Waals surface area contributed by atoms with Crippen molar-refractivity contribution in [2.24, 2.45) is 4.99 Å². The molecular formula is C22H26N6O2S. The Morgan fingerprint density at radius 1 is 1.16 bits per heavy atom. The zero-order valence-electron chi connectivity index (χ0n) is 17.7. The number of nitrogen functional groups attached to an aromatic ring is 1. The van der Waals surface area contributed by atoms with Gasteiger partial charge in [-0.3, -0.25) is 4.99 Å². The van der Waals surface area contributed by atoms with E-state index in [-0.39, 0.29) is 22.4 Å². The van der Waals surface area contributed by atoms with Crippen LogP contribution in [0, 0.1) is 0 Å². The fourth-order valence-electron chi connectivity index (χ4n) is 5.00. The average molecular weight is 439 g/mol. The van der Waals surface area contributed by atoms with Gasteiger partial charge in [0.15, 0.2) is 0 Å². The lowest BCUT2D eigenvalue weighted by Gasteiger charge is -2.43. The number of nitrogens with two attached hydrogens (primary N) is 1. The van der Waals surface area contributed by atoms with E-state index in [0.29, 0.717) is 5.69 Å². The third-order valence-electron chi connectivity index (χ3n) is 6.58. The lowest BCUT2D eigenvalue weighted by Crippen LogP contribution is -2.46. The second-order valence-electron chi connectivity index (χ2n) is 8.53. The van der Waals surface area contributed by atoms with Gasteiger partial charge in [-0.05, 0) is 57.0 Å². The Labute approximate surface area is 181 Å². The van der Waals surface area contributed by atoms with Crippen LogP contribution in [0.3, 0.4) is 0 Å². The Hall–Kier alpha value is -2.94. The summed E-state index contributed by atoms with van der Waals surface area (Å²) in [7, 11) is -3.82. The monoisotopic (exact) mass is 438 g/mol. The van der Waals surface area contributed by atoms with Crippen molar-refractivity contribution >= 4 is 38.4 Å². The number of sulfonamides is 1. The van der Waals surface area contributed by atoms with Crippen molar-refractivity contribution in [3.63, 3.8) is 0 Å². The maximum Gasteiger partial charge on any atom is 0.264 e. The van der Waals surface area contributed by atoms with Crippen molar-refractivity contribution in [1.82, 2.24) is 14.5 Å². The van der Waals surface area contributed by atoms with Crippen molar-refractivity contribution in [3.8, 4) is 0 Å². The van der Waals surface area contributed by atoms with Crippen LogP contribution in [0.2, 0.25) is 0 Å². The van der Waals surface area contributed by atoms with Crippen molar-refractivity contribution in [2.75, 3.05) is 10.5 Å². The van der Waals surface area contributed by atoms with Gasteiger partial charge in [-0.1, -0.05) is 19.3 Å². The van der Waals surface area contributed by atoms with Gasteiger partial charge in [0.05, 0.1) is 16.5 Å². The molecule has 1 unspecified atom stereocenters. The van der Waals surface area contributed by atoms with E-state index in [4.69, 9.17) is 10.7 Å². The van der Waals surface area contributed by atoms with Crippen LogP contribution in [-0.2, 0) is 15.6 Å². The van der Waals surface area contributed by atoms with E-state index in [9.17, 15) is 8.42 Å². The molecule has 3 heterocycles. The fourth-order valence-corrected chi connectivity index (χ4v) is 5.95. The summed E-state index contributed by atoms with van der Waals surface area (Å²) >= 11 is 0. The lowest BCUT2D eigenvalue weighted by atomic mass is 9.77. The highest BCUT2D eigenvalue weighted by Crippen LogP contribution is 2.45. The van der Waals surface area contributed by atoms with E-state index in [1.165, 1.54) is 18.6 Å². The molecule has 0 saturated heterocycles. The number of aliphatic imine (C=N–C) groups is 1. The van der Waals surface area contributed by atoms with Crippen LogP contribution in [0.25, 0.3) is 11.0 Å². The molecule has 1 spiro atoms. The predicted octanol–water partition coefficient (Wildman–Crippen LogP) is 4.01. The van der Waals surface area contributed by atoms with Gasteiger partial charge in [0, 0.05) is 28.7 Å². The minimum atomic E-state index is -3.82. The van der Waals surface area contributed by atoms with E-state index in [2.05, 4.69) is 39.2 Å². The van der Waals surface area contributed by atoms with Crippen LogP contribution in [0.4, 0.5) is 11.6 Å². The third-order valence-corrected chi connectivity index (χ3v) is 7.93. The summed E-state index contributed by atoms with van der Waals surface area (Å²) in [4.78, 5) is 14.0. The molecule has 9 heteroatoms. The summed E-state index contributed by atoms with van der Waals surface area (Å²) in [6, 6.07) is 8.15. The summed E-state index contributed by atoms with van der Waals surface area (Å²) in [5.74, 6) is 0.0593. The highest BCUT2D eigenvalue weighted by atomic mass is 32.2. The minimum Gasteiger partial charge on any atom is -0.399 e. The zero-order valence-corrected chi connectivity index (χ0v) is 18.5. The van der Waals surface area contributed by atoms with Crippen molar-refractivity contribution in [2.45, 2.75) is 62.4 Å². The Kier molecular flexibility index (Phi) is 4.55. The SMILES string of the molecule is CC1=NC(C)c2cc3cnc(NS(=O)(=O)c4ccc(N)cc4)nc3n2C12CCCCC2. The molecule has 8 nitrogen and oxygen atoms in total. The molecule has 2 aliphatic rings. The molecular weight excluding hydrogens is 412 g/mol. The van der Waals surface area contributed by atoms with E-state index in [1.807, 2.05) is 0 Å². The Bertz CT molecular complexity index is 1290. The van der Waals surface area contributed by atoms with Gasteiger partial charge >= 0.3 is 0 Å². The smallest absolute Gasteiger partial charge is 0.264 e. The average Bonchev–Trinajstić information content (AvgIpc) is 3.13. The molecule has 1 atom stereocenters. The highest BCUT2D eigenvalue weighted by Gasteiger charge is 2.42. The second-order valence-corrected chi connectivity index (χ2v) is 10.2. The Morgan fingerprint density at radius 2 is 1.87 bits per heavy atom. The van der Waals surface area contributed by atoms with Crippen molar-refractivity contribution < 1.29 is 8.42 Å². The first-order valence-electron chi connectivity index (χ1n) is 10.6. The van der Waals surface area contributed by atoms with Gasteiger partial charge in [-0.15, -0.1) is 0 Å². The first-order valence-corrected chi connectivity index (χ1v) is 12.1. The molecule has 5 rings (SSSR count). The van der Waals surface area contributed by atoms with E-state index in [0.717, 1.165) is 48.1 Å². The maximum atomic E-state index is 12.8. The number of nitrogens with zero attached hydrogens (tertiary/aromatic N) is 4. The minimum absolute atomic E-state index is 0.0247. The quantitative estimate of drug-likeness (QED) is 0.600. The largest absolute Gasteiger partial charge is 0.399 e. The Morgan fingerprint density at radius 3 is 2.58 bits per heavy atom. The molecule has 1 aromatic carbocycles. The molecule has 2 aromatic heterocycles. The number of aromatic nitrogens is 3. The van der Waals surface area contributed by atoms with Crippen molar-refractivity contribution in [1.29, 1.82) is 0 Å². The first kappa shape index (κ1) is 20.0. The number of hydrogen-bond acceptors (Lipinski definition) is 6. The normalized spacial score (nSPS) is 20.5. The summed E-state index contributed by atoms with van der Waals surface area (Å²) in [5, 5.41) is 0.895. The number of fused-ring (bicyclic) bond motifs is 4. The van der Waals surface area contributed by atoms with Gasteiger partial charge in [-0.25, -0.2) is 18.1 Å².